The number of ether oxygens (including phenoxy) is 2. The molecule has 4 rings (SSSR count). The van der Waals surface area contributed by atoms with Gasteiger partial charge in [0.2, 0.25) is 5.91 Å². The van der Waals surface area contributed by atoms with Crippen molar-refractivity contribution in [1.82, 2.24) is 15.5 Å². The number of amides is 1. The maximum atomic E-state index is 13.2. The number of fused-ring (bicyclic) bond motifs is 2. The SMILES string of the molecule is COC1CC2CCNC(C3C(=O)N4CCCSC4NC3O)C2CC1OC. The molecule has 3 aliphatic heterocycles. The summed E-state index contributed by atoms with van der Waals surface area (Å²) < 4.78 is 11.3. The standard InChI is InChI=1S/C18H31N3O4S/c1-24-12-8-10-4-5-19-15(11(10)9-13(12)25-2)14-16(22)20-18-21(17(14)23)6-3-7-26-18/h10-16,18-20,22H,3-9H2,1-2H3. The molecule has 0 aromatic heterocycles. The Morgan fingerprint density at radius 2 is 2.00 bits per heavy atom. The highest BCUT2D eigenvalue weighted by Gasteiger charge is 2.52. The molecule has 3 N–H and O–H groups in total. The van der Waals surface area contributed by atoms with Crippen LogP contribution < -0.4 is 10.6 Å². The number of carbonyl (C=O) groups excluding carboxylic acids is 1. The molecule has 26 heavy (non-hydrogen) atoms. The van der Waals surface area contributed by atoms with Crippen LogP contribution in [-0.2, 0) is 14.3 Å². The highest BCUT2D eigenvalue weighted by molar-refractivity contribution is 7.99. The lowest BCUT2D eigenvalue weighted by molar-refractivity contribution is -0.157. The number of hydrogen-bond acceptors (Lipinski definition) is 7. The van der Waals surface area contributed by atoms with Crippen LogP contribution >= 0.6 is 11.8 Å². The van der Waals surface area contributed by atoms with E-state index in [1.54, 1.807) is 26.0 Å². The van der Waals surface area contributed by atoms with Crippen LogP contribution in [0.1, 0.15) is 25.7 Å². The van der Waals surface area contributed by atoms with Gasteiger partial charge in [-0.2, -0.15) is 0 Å². The Labute approximate surface area is 159 Å². The Morgan fingerprint density at radius 3 is 2.77 bits per heavy atom. The number of methoxy groups -OCH3 is 2. The molecule has 0 bridgehead atoms. The van der Waals surface area contributed by atoms with Crippen molar-refractivity contribution in [3.8, 4) is 0 Å². The molecule has 8 unspecified atom stereocenters. The summed E-state index contributed by atoms with van der Waals surface area (Å²) in [5.41, 5.74) is -0.0853. The predicted molar refractivity (Wildman–Crippen MR) is 99.4 cm³/mol. The maximum absolute atomic E-state index is 13.2. The minimum Gasteiger partial charge on any atom is -0.379 e. The third-order valence-electron chi connectivity index (χ3n) is 6.73. The lowest BCUT2D eigenvalue weighted by Gasteiger charge is -2.52. The van der Waals surface area contributed by atoms with Gasteiger partial charge in [0, 0.05) is 26.8 Å². The molecular formula is C18H31N3O4S. The Balaban J connectivity index is 1.55. The van der Waals surface area contributed by atoms with Crippen LogP contribution in [0.15, 0.2) is 0 Å². The van der Waals surface area contributed by atoms with Gasteiger partial charge < -0.3 is 24.8 Å². The summed E-state index contributed by atoms with van der Waals surface area (Å²) in [7, 11) is 3.49. The molecule has 3 saturated heterocycles. The molecule has 148 valence electrons. The number of aliphatic hydroxyl groups is 1. The largest absolute Gasteiger partial charge is 0.379 e. The Kier molecular flexibility index (Phi) is 5.78. The highest BCUT2D eigenvalue weighted by Crippen LogP contribution is 2.42. The van der Waals surface area contributed by atoms with Gasteiger partial charge in [-0.1, -0.05) is 0 Å². The van der Waals surface area contributed by atoms with Crippen molar-refractivity contribution in [2.24, 2.45) is 17.8 Å². The van der Waals surface area contributed by atoms with E-state index in [-0.39, 0.29) is 29.7 Å². The van der Waals surface area contributed by atoms with E-state index in [1.165, 1.54) is 0 Å². The van der Waals surface area contributed by atoms with Crippen LogP contribution in [0, 0.1) is 17.8 Å². The van der Waals surface area contributed by atoms with E-state index >= 15 is 0 Å². The van der Waals surface area contributed by atoms with Gasteiger partial charge in [-0.3, -0.25) is 10.1 Å². The fourth-order valence-corrected chi connectivity index (χ4v) is 6.56. The number of thioether (sulfide) groups is 1. The van der Waals surface area contributed by atoms with E-state index in [4.69, 9.17) is 9.47 Å². The molecule has 4 fully saturated rings. The molecular weight excluding hydrogens is 354 g/mol. The molecule has 0 aromatic carbocycles. The minimum atomic E-state index is -0.799. The number of piperidine rings is 1. The normalized spacial score (nSPS) is 46.6. The first kappa shape index (κ1) is 19.0. The molecule has 0 radical (unpaired) electrons. The molecule has 3 heterocycles. The van der Waals surface area contributed by atoms with Gasteiger partial charge in [-0.15, -0.1) is 11.8 Å². The van der Waals surface area contributed by atoms with Gasteiger partial charge >= 0.3 is 0 Å². The fraction of sp³-hybridized carbons (Fsp3) is 0.944. The minimum absolute atomic E-state index is 0.0212. The Bertz CT molecular complexity index is 525. The average Bonchev–Trinajstić information content (AvgIpc) is 2.67. The number of aliphatic hydroxyl groups excluding tert-OH is 1. The second-order valence-corrected chi connectivity index (χ2v) is 9.15. The lowest BCUT2D eigenvalue weighted by Crippen LogP contribution is -2.69. The van der Waals surface area contributed by atoms with Crippen molar-refractivity contribution >= 4 is 17.7 Å². The summed E-state index contributed by atoms with van der Waals surface area (Å²) in [4.78, 5) is 15.2. The van der Waals surface area contributed by atoms with Gasteiger partial charge in [-0.25, -0.2) is 0 Å². The summed E-state index contributed by atoms with van der Waals surface area (Å²) in [6, 6.07) is -0.0212. The molecule has 7 nitrogen and oxygen atoms in total. The van der Waals surface area contributed by atoms with Gasteiger partial charge in [0.05, 0.1) is 18.1 Å². The van der Waals surface area contributed by atoms with E-state index in [0.717, 1.165) is 44.5 Å². The van der Waals surface area contributed by atoms with Crippen molar-refractivity contribution < 1.29 is 19.4 Å². The summed E-state index contributed by atoms with van der Waals surface area (Å²) in [5, 5.41) is 17.6. The van der Waals surface area contributed by atoms with Gasteiger partial charge in [0.1, 0.15) is 11.7 Å². The van der Waals surface area contributed by atoms with Crippen LogP contribution in [0.4, 0.5) is 0 Å². The zero-order valence-corrected chi connectivity index (χ0v) is 16.4. The summed E-state index contributed by atoms with van der Waals surface area (Å²) in [6.07, 6.45) is 3.30. The van der Waals surface area contributed by atoms with Crippen LogP contribution in [0.2, 0.25) is 0 Å². The van der Waals surface area contributed by atoms with Gasteiger partial charge in [0.15, 0.2) is 0 Å². The second-order valence-electron chi connectivity index (χ2n) is 7.96. The van der Waals surface area contributed by atoms with Crippen LogP contribution in [-0.4, -0.2) is 79.0 Å². The fourth-order valence-electron chi connectivity index (χ4n) is 5.41. The van der Waals surface area contributed by atoms with E-state index in [0.29, 0.717) is 11.8 Å². The maximum Gasteiger partial charge on any atom is 0.233 e. The number of carbonyl (C=O) groups is 1. The first-order valence-electron chi connectivity index (χ1n) is 9.79. The number of rotatable bonds is 3. The topological polar surface area (TPSA) is 83.1 Å². The van der Waals surface area contributed by atoms with E-state index < -0.39 is 12.1 Å². The number of nitrogens with one attached hydrogen (secondary N) is 2. The van der Waals surface area contributed by atoms with Crippen molar-refractivity contribution in [2.75, 3.05) is 33.1 Å². The zero-order valence-electron chi connectivity index (χ0n) is 15.6. The van der Waals surface area contributed by atoms with Crippen LogP contribution in [0.3, 0.4) is 0 Å². The van der Waals surface area contributed by atoms with E-state index in [1.807, 2.05) is 4.90 Å². The van der Waals surface area contributed by atoms with Crippen molar-refractivity contribution in [3.05, 3.63) is 0 Å². The predicted octanol–water partition coefficient (Wildman–Crippen LogP) is 0.191. The van der Waals surface area contributed by atoms with E-state index in [2.05, 4.69) is 10.6 Å². The molecule has 4 aliphatic rings. The van der Waals surface area contributed by atoms with Crippen molar-refractivity contribution in [2.45, 2.75) is 55.7 Å². The van der Waals surface area contributed by atoms with E-state index in [9.17, 15) is 9.90 Å². The summed E-state index contributed by atoms with van der Waals surface area (Å²) >= 11 is 1.71. The molecule has 0 aromatic rings. The zero-order chi connectivity index (χ0) is 18.3. The average molecular weight is 386 g/mol. The molecule has 8 heteroatoms. The molecule has 0 spiro atoms. The number of nitrogens with zero attached hydrogens (tertiary/aromatic N) is 1. The lowest BCUT2D eigenvalue weighted by atomic mass is 9.66. The smallest absolute Gasteiger partial charge is 0.233 e. The first-order chi connectivity index (χ1) is 12.6. The third-order valence-corrected chi connectivity index (χ3v) is 7.96. The highest BCUT2D eigenvalue weighted by atomic mass is 32.2. The molecule has 8 atom stereocenters. The molecule has 1 amide bonds. The van der Waals surface area contributed by atoms with Crippen molar-refractivity contribution in [3.63, 3.8) is 0 Å². The quantitative estimate of drug-likeness (QED) is 0.640. The van der Waals surface area contributed by atoms with Crippen LogP contribution in [0.5, 0.6) is 0 Å². The van der Waals surface area contributed by atoms with Gasteiger partial charge in [0.25, 0.3) is 0 Å². The number of hydrogen-bond donors (Lipinski definition) is 3. The monoisotopic (exact) mass is 385 g/mol. The Morgan fingerprint density at radius 1 is 1.23 bits per heavy atom. The van der Waals surface area contributed by atoms with Crippen LogP contribution in [0.25, 0.3) is 0 Å². The summed E-state index contributed by atoms with van der Waals surface area (Å²) in [5.74, 6) is 1.51. The Hall–Kier alpha value is -0.380. The third kappa shape index (κ3) is 3.29. The first-order valence-corrected chi connectivity index (χ1v) is 10.8. The van der Waals surface area contributed by atoms with Gasteiger partial charge in [-0.05, 0) is 49.8 Å². The molecule has 1 saturated carbocycles. The summed E-state index contributed by atoms with van der Waals surface area (Å²) in [6.45, 7) is 1.66. The molecule has 1 aliphatic carbocycles. The second kappa shape index (κ2) is 7.93. The van der Waals surface area contributed by atoms with Crippen molar-refractivity contribution in [1.29, 1.82) is 0 Å².